The van der Waals surface area contributed by atoms with Crippen LogP contribution in [0.4, 0.5) is 13.2 Å². The summed E-state index contributed by atoms with van der Waals surface area (Å²) in [6.07, 6.45) is -2.64. The Morgan fingerprint density at radius 3 is 2.54 bits per heavy atom. The zero-order valence-electron chi connectivity index (χ0n) is 14.3. The minimum absolute atomic E-state index is 0.198. The highest BCUT2D eigenvalue weighted by Gasteiger charge is 2.28. The summed E-state index contributed by atoms with van der Waals surface area (Å²) in [6, 6.07) is 9.66. The Morgan fingerprint density at radius 2 is 1.96 bits per heavy atom. The number of carbonyl (C=O) groups excluding carboxylic acids is 1. The molecule has 5 nitrogen and oxygen atoms in total. The highest BCUT2D eigenvalue weighted by Crippen LogP contribution is 2.27. The summed E-state index contributed by atoms with van der Waals surface area (Å²) in [5.41, 5.74) is 1.06. The number of amides is 1. The second-order valence-electron chi connectivity index (χ2n) is 5.47. The zero-order valence-corrected chi connectivity index (χ0v) is 14.3. The molecule has 1 atom stereocenters. The van der Waals surface area contributed by atoms with E-state index >= 15 is 0 Å². The predicted molar refractivity (Wildman–Crippen MR) is 89.3 cm³/mol. The minimum atomic E-state index is -4.44. The molecule has 0 aliphatic rings. The fourth-order valence-electron chi connectivity index (χ4n) is 2.35. The van der Waals surface area contributed by atoms with E-state index in [2.05, 4.69) is 15.0 Å². The lowest BCUT2D eigenvalue weighted by molar-refractivity contribution is -0.154. The third kappa shape index (κ3) is 5.37. The lowest BCUT2D eigenvalue weighted by Crippen LogP contribution is -2.28. The number of pyridine rings is 1. The highest BCUT2D eigenvalue weighted by molar-refractivity contribution is 5.94. The summed E-state index contributed by atoms with van der Waals surface area (Å²) >= 11 is 0. The molecule has 2 rings (SSSR count). The number of benzene rings is 1. The molecule has 0 bridgehead atoms. The van der Waals surface area contributed by atoms with Crippen LogP contribution in [0.2, 0.25) is 0 Å². The molecule has 0 radical (unpaired) electrons. The van der Waals surface area contributed by atoms with Crippen molar-refractivity contribution in [3.63, 3.8) is 0 Å². The van der Waals surface area contributed by atoms with E-state index in [0.717, 1.165) is 5.56 Å². The van der Waals surface area contributed by atoms with Crippen LogP contribution in [-0.4, -0.2) is 30.8 Å². The van der Waals surface area contributed by atoms with Crippen LogP contribution in [-0.2, 0) is 0 Å². The number of ether oxygens (including phenoxy) is 2. The Morgan fingerprint density at radius 1 is 1.23 bits per heavy atom. The number of carbonyl (C=O) groups is 1. The molecule has 1 heterocycles. The second-order valence-corrected chi connectivity index (χ2v) is 5.47. The molecule has 0 spiro atoms. The summed E-state index contributed by atoms with van der Waals surface area (Å²) in [5, 5.41) is 2.87. The van der Waals surface area contributed by atoms with Crippen LogP contribution >= 0.6 is 0 Å². The normalized spacial score (nSPS) is 12.3. The van der Waals surface area contributed by atoms with Crippen molar-refractivity contribution in [2.24, 2.45) is 0 Å². The summed E-state index contributed by atoms with van der Waals surface area (Å²) < 4.78 is 46.2. The summed E-state index contributed by atoms with van der Waals surface area (Å²) in [6.45, 7) is 0.487. The Kier molecular flexibility index (Phi) is 6.43. The fraction of sp³-hybridized carbons (Fsp3) is 0.333. The van der Waals surface area contributed by atoms with Gasteiger partial charge >= 0.3 is 6.18 Å². The lowest BCUT2D eigenvalue weighted by atomic mass is 10.0. The average Bonchev–Trinajstić information content (AvgIpc) is 2.64. The van der Waals surface area contributed by atoms with Crippen LogP contribution in [0.5, 0.6) is 11.6 Å². The minimum Gasteiger partial charge on any atom is -0.496 e. The van der Waals surface area contributed by atoms with Gasteiger partial charge in [0.2, 0.25) is 5.88 Å². The van der Waals surface area contributed by atoms with E-state index < -0.39 is 18.7 Å². The van der Waals surface area contributed by atoms with Crippen LogP contribution in [0.1, 0.15) is 35.3 Å². The number of nitrogens with zero attached hydrogens (tertiary/aromatic N) is 1. The van der Waals surface area contributed by atoms with Gasteiger partial charge in [-0.2, -0.15) is 13.2 Å². The predicted octanol–water partition coefficient (Wildman–Crippen LogP) is 3.91. The number of halogens is 3. The smallest absolute Gasteiger partial charge is 0.422 e. The van der Waals surface area contributed by atoms with E-state index in [1.54, 1.807) is 13.2 Å². The topological polar surface area (TPSA) is 60.5 Å². The van der Waals surface area contributed by atoms with Gasteiger partial charge in [0.1, 0.15) is 5.75 Å². The van der Waals surface area contributed by atoms with E-state index in [-0.39, 0.29) is 17.5 Å². The number of hydrogen-bond donors (Lipinski definition) is 1. The maximum Gasteiger partial charge on any atom is 0.422 e. The zero-order chi connectivity index (χ0) is 19.2. The number of rotatable bonds is 7. The molecule has 0 saturated carbocycles. The van der Waals surface area contributed by atoms with E-state index in [9.17, 15) is 18.0 Å². The van der Waals surface area contributed by atoms with Crippen molar-refractivity contribution >= 4 is 5.91 Å². The van der Waals surface area contributed by atoms with E-state index in [0.29, 0.717) is 12.2 Å². The van der Waals surface area contributed by atoms with Crippen LogP contribution in [0.3, 0.4) is 0 Å². The maximum absolute atomic E-state index is 12.4. The first-order valence-electron chi connectivity index (χ1n) is 7.93. The molecule has 0 saturated heterocycles. The second kappa shape index (κ2) is 8.55. The molecule has 26 heavy (non-hydrogen) atoms. The third-order valence-electron chi connectivity index (χ3n) is 3.61. The van der Waals surface area contributed by atoms with Gasteiger partial charge in [-0.1, -0.05) is 25.1 Å². The van der Waals surface area contributed by atoms with Crippen LogP contribution in [0.25, 0.3) is 0 Å². The summed E-state index contributed by atoms with van der Waals surface area (Å²) in [5.74, 6) is 0.0712. The van der Waals surface area contributed by atoms with E-state index in [1.807, 2.05) is 25.1 Å². The van der Waals surface area contributed by atoms with Crippen LogP contribution in [0, 0.1) is 0 Å². The average molecular weight is 368 g/mol. The van der Waals surface area contributed by atoms with Gasteiger partial charge in [-0.25, -0.2) is 4.98 Å². The van der Waals surface area contributed by atoms with Gasteiger partial charge in [0.15, 0.2) is 6.61 Å². The number of hydrogen-bond acceptors (Lipinski definition) is 4. The van der Waals surface area contributed by atoms with Crippen molar-refractivity contribution in [3.8, 4) is 11.6 Å². The first kappa shape index (κ1) is 19.6. The molecule has 8 heteroatoms. The monoisotopic (exact) mass is 368 g/mol. The quantitative estimate of drug-likeness (QED) is 0.805. The molecule has 2 aromatic rings. The van der Waals surface area contributed by atoms with Crippen molar-refractivity contribution in [1.82, 2.24) is 10.3 Å². The molecule has 0 fully saturated rings. The SMILES string of the molecule is CCC(NC(=O)c1ccc(OCC(F)(F)F)nc1)c1ccccc1OC. The van der Waals surface area contributed by atoms with Gasteiger partial charge in [0, 0.05) is 17.8 Å². The molecule has 1 N–H and O–H groups in total. The van der Waals surface area contributed by atoms with Gasteiger partial charge in [-0.05, 0) is 18.6 Å². The molecular formula is C18H19F3N2O3. The Balaban J connectivity index is 2.06. The maximum atomic E-state index is 12.4. The summed E-state index contributed by atoms with van der Waals surface area (Å²) in [7, 11) is 1.55. The lowest BCUT2D eigenvalue weighted by Gasteiger charge is -2.20. The van der Waals surface area contributed by atoms with E-state index in [4.69, 9.17) is 4.74 Å². The summed E-state index contributed by atoms with van der Waals surface area (Å²) in [4.78, 5) is 16.1. The molecule has 1 amide bonds. The number of methoxy groups -OCH3 is 1. The Hall–Kier alpha value is -2.77. The largest absolute Gasteiger partial charge is 0.496 e. The Bertz CT molecular complexity index is 733. The van der Waals surface area contributed by atoms with Crippen molar-refractivity contribution in [2.75, 3.05) is 13.7 Å². The molecular weight excluding hydrogens is 349 g/mol. The highest BCUT2D eigenvalue weighted by atomic mass is 19.4. The van der Waals surface area contributed by atoms with Crippen LogP contribution < -0.4 is 14.8 Å². The van der Waals surface area contributed by atoms with Gasteiger partial charge < -0.3 is 14.8 Å². The fourth-order valence-corrected chi connectivity index (χ4v) is 2.35. The molecule has 1 unspecified atom stereocenters. The molecule has 140 valence electrons. The molecule has 1 aromatic heterocycles. The first-order valence-corrected chi connectivity index (χ1v) is 7.93. The van der Waals surface area contributed by atoms with Gasteiger partial charge in [-0.15, -0.1) is 0 Å². The van der Waals surface area contributed by atoms with Gasteiger partial charge in [0.25, 0.3) is 5.91 Å². The van der Waals surface area contributed by atoms with E-state index in [1.165, 1.54) is 18.3 Å². The van der Waals surface area contributed by atoms with Crippen molar-refractivity contribution < 1.29 is 27.4 Å². The first-order chi connectivity index (χ1) is 12.3. The van der Waals surface area contributed by atoms with Gasteiger partial charge in [0.05, 0.1) is 18.7 Å². The standard InChI is InChI=1S/C18H19F3N2O3/c1-3-14(13-6-4-5-7-15(13)25-2)23-17(24)12-8-9-16(22-10-12)26-11-18(19,20)21/h4-10,14H,3,11H2,1-2H3,(H,23,24). The van der Waals surface area contributed by atoms with Crippen molar-refractivity contribution in [1.29, 1.82) is 0 Å². The van der Waals surface area contributed by atoms with Gasteiger partial charge in [-0.3, -0.25) is 4.79 Å². The molecule has 0 aliphatic carbocycles. The number of nitrogens with one attached hydrogen (secondary N) is 1. The van der Waals surface area contributed by atoms with Crippen molar-refractivity contribution in [2.45, 2.75) is 25.6 Å². The number of alkyl halides is 3. The van der Waals surface area contributed by atoms with Crippen molar-refractivity contribution in [3.05, 3.63) is 53.7 Å². The van der Waals surface area contributed by atoms with Crippen LogP contribution in [0.15, 0.2) is 42.6 Å². The third-order valence-corrected chi connectivity index (χ3v) is 3.61. The Labute approximate surface area is 149 Å². The number of aromatic nitrogens is 1. The molecule has 0 aliphatic heterocycles. The number of para-hydroxylation sites is 1. The molecule has 1 aromatic carbocycles.